The van der Waals surface area contributed by atoms with Crippen LogP contribution in [0.3, 0.4) is 0 Å². The monoisotopic (exact) mass is 721 g/mol. The van der Waals surface area contributed by atoms with Crippen molar-refractivity contribution in [2.45, 2.75) is 25.4 Å². The fraction of sp³-hybridized carbons (Fsp3) is 0.417. The van der Waals surface area contributed by atoms with Gasteiger partial charge in [0.15, 0.2) is 11.6 Å². The number of alkyl halides is 1. The minimum atomic E-state index is -2.68. The third-order valence-electron chi connectivity index (χ3n) is 10.2. The molecular weight excluding hydrogens is 681 g/mol. The smallest absolute Gasteiger partial charge is 0.317 e. The van der Waals surface area contributed by atoms with Gasteiger partial charge >= 0.3 is 5.97 Å². The second-order valence-corrected chi connectivity index (χ2v) is 14.3. The van der Waals surface area contributed by atoms with E-state index < -0.39 is 35.0 Å². The zero-order chi connectivity index (χ0) is 35.6. The number of rotatable bonds is 11. The molecule has 51 heavy (non-hydrogen) atoms. The van der Waals surface area contributed by atoms with Gasteiger partial charge in [0.25, 0.3) is 11.3 Å². The summed E-state index contributed by atoms with van der Waals surface area (Å²) in [6.07, 6.45) is 4.22. The number of hydrogen-bond donors (Lipinski definition) is 3. The highest BCUT2D eigenvalue weighted by molar-refractivity contribution is 7.80. The number of carbonyl (C=O) groups excluding carboxylic acids is 1. The molecule has 15 heteroatoms. The van der Waals surface area contributed by atoms with Crippen molar-refractivity contribution in [3.63, 3.8) is 0 Å². The van der Waals surface area contributed by atoms with Gasteiger partial charge in [0.1, 0.15) is 17.5 Å². The lowest BCUT2D eigenvalue weighted by Crippen LogP contribution is -2.49. The van der Waals surface area contributed by atoms with Gasteiger partial charge in [0.05, 0.1) is 18.7 Å². The number of aliphatic carboxylic acids is 1. The van der Waals surface area contributed by atoms with E-state index in [4.69, 9.17) is 5.11 Å². The highest BCUT2D eigenvalue weighted by Gasteiger charge is 2.33. The number of carboxylic acid groups (broad SMARTS) is 1. The Morgan fingerprint density at radius 1 is 0.941 bits per heavy atom. The van der Waals surface area contributed by atoms with Crippen molar-refractivity contribution in [2.75, 3.05) is 74.8 Å². The number of piperazine rings is 1. The third kappa shape index (κ3) is 7.67. The number of carboxylic acids is 1. The molecule has 3 aliphatic heterocycles. The Morgan fingerprint density at radius 3 is 2.35 bits per heavy atom. The van der Waals surface area contributed by atoms with Crippen LogP contribution >= 0.6 is 0 Å². The molecule has 12 nitrogen and oxygen atoms in total. The minimum absolute atomic E-state index is 0.125. The molecule has 1 unspecified atom stereocenters. The van der Waals surface area contributed by atoms with Crippen LogP contribution in [0, 0.1) is 11.7 Å². The summed E-state index contributed by atoms with van der Waals surface area (Å²) in [7, 11) is 0. The van der Waals surface area contributed by atoms with Crippen LogP contribution in [0.2, 0.25) is 0 Å². The van der Waals surface area contributed by atoms with Crippen molar-refractivity contribution in [3.8, 4) is 11.1 Å². The third-order valence-corrected chi connectivity index (χ3v) is 11.0. The number of nitrogens with one attached hydrogen (secondary N) is 1. The maximum atomic E-state index is 15.9. The number of nitrogens with zero attached hydrogens (tertiary/aromatic N) is 6. The summed E-state index contributed by atoms with van der Waals surface area (Å²) >= 11 is -2.68. The minimum Gasteiger partial charge on any atom is -0.480 e. The van der Waals surface area contributed by atoms with E-state index in [0.717, 1.165) is 79.9 Å². The Hall–Kier alpha value is -4.28. The van der Waals surface area contributed by atoms with Gasteiger partial charge in [-0.25, -0.2) is 23.0 Å². The van der Waals surface area contributed by atoms with Crippen LogP contribution in [0.25, 0.3) is 22.2 Å². The number of halogens is 2. The summed E-state index contributed by atoms with van der Waals surface area (Å²) in [5.74, 6) is -1.76. The number of carbonyl (C=O) groups is 2. The summed E-state index contributed by atoms with van der Waals surface area (Å²) in [5.41, 5.74) is 2.91. The summed E-state index contributed by atoms with van der Waals surface area (Å²) < 4.78 is 52.8. The number of benzene rings is 2. The number of hydrazine groups is 1. The number of piperidine rings is 1. The molecule has 3 aliphatic rings. The van der Waals surface area contributed by atoms with Crippen LogP contribution in [0.5, 0.6) is 0 Å². The van der Waals surface area contributed by atoms with E-state index in [-0.39, 0.29) is 42.9 Å². The van der Waals surface area contributed by atoms with Gasteiger partial charge in [-0.1, -0.05) is 18.2 Å². The highest BCUT2D eigenvalue weighted by atomic mass is 32.2. The summed E-state index contributed by atoms with van der Waals surface area (Å²) in [5, 5.41) is 10.8. The predicted molar refractivity (Wildman–Crippen MR) is 191 cm³/mol. The van der Waals surface area contributed by atoms with Gasteiger partial charge in [-0.2, -0.15) is 4.41 Å². The number of hydrogen-bond acceptors (Lipinski definition) is 8. The molecule has 3 N–H and O–H groups in total. The van der Waals surface area contributed by atoms with E-state index in [1.54, 1.807) is 6.20 Å². The first-order valence-electron chi connectivity index (χ1n) is 17.3. The maximum absolute atomic E-state index is 15.9. The molecule has 5 heterocycles. The van der Waals surface area contributed by atoms with Crippen molar-refractivity contribution >= 4 is 45.4 Å². The van der Waals surface area contributed by atoms with Crippen molar-refractivity contribution in [3.05, 3.63) is 77.9 Å². The molecule has 7 rings (SSSR count). The lowest BCUT2D eigenvalue weighted by Gasteiger charge is -2.39. The van der Waals surface area contributed by atoms with Crippen molar-refractivity contribution in [1.82, 2.24) is 24.8 Å². The van der Waals surface area contributed by atoms with Crippen LogP contribution in [0.1, 0.15) is 35.2 Å². The topological polar surface area (TPSA) is 137 Å². The van der Waals surface area contributed by atoms with E-state index >= 15 is 4.39 Å². The van der Waals surface area contributed by atoms with Gasteiger partial charge in [-0.05, 0) is 74.2 Å². The predicted octanol–water partition coefficient (Wildman–Crippen LogP) is 4.42. The Kier molecular flexibility index (Phi) is 10.4. The van der Waals surface area contributed by atoms with Crippen molar-refractivity contribution in [1.29, 1.82) is 0 Å². The maximum Gasteiger partial charge on any atom is 0.317 e. The molecule has 0 radical (unpaired) electrons. The molecule has 3 saturated heterocycles. The first-order valence-corrected chi connectivity index (χ1v) is 18.3. The lowest BCUT2D eigenvalue weighted by atomic mass is 9.96. The molecule has 2 atom stereocenters. The average molecular weight is 722 g/mol. The molecule has 3 fully saturated rings. The fourth-order valence-corrected chi connectivity index (χ4v) is 8.13. The Bertz CT molecular complexity index is 1910. The number of aromatic nitrogens is 2. The van der Waals surface area contributed by atoms with E-state index in [0.29, 0.717) is 17.0 Å². The van der Waals surface area contributed by atoms with Crippen molar-refractivity contribution in [2.24, 2.45) is 5.92 Å². The van der Waals surface area contributed by atoms with Crippen LogP contribution in [-0.4, -0.2) is 122 Å². The zero-order valence-corrected chi connectivity index (χ0v) is 28.9. The number of pyridine rings is 1. The fourth-order valence-electron chi connectivity index (χ4n) is 7.47. The van der Waals surface area contributed by atoms with E-state index in [2.05, 4.69) is 31.9 Å². The van der Waals surface area contributed by atoms with Crippen LogP contribution in [0.15, 0.2) is 60.9 Å². The number of H-pyrrole nitrogens is 1. The Morgan fingerprint density at radius 2 is 1.69 bits per heavy atom. The Balaban J connectivity index is 1.01. The van der Waals surface area contributed by atoms with Crippen molar-refractivity contribution < 1.29 is 32.2 Å². The number of fused-ring (bicyclic) bond motifs is 1. The second-order valence-electron chi connectivity index (χ2n) is 13.5. The van der Waals surface area contributed by atoms with Gasteiger partial charge in [-0.3, -0.25) is 23.9 Å². The quantitative estimate of drug-likeness (QED) is 0.151. The lowest BCUT2D eigenvalue weighted by molar-refractivity contribution is -0.138. The molecule has 2 aromatic carbocycles. The molecule has 0 saturated carbocycles. The van der Waals surface area contributed by atoms with E-state index in [9.17, 15) is 22.7 Å². The molecule has 2 aromatic heterocycles. The number of aromatic amines is 1. The normalized spacial score (nSPS) is 20.2. The average Bonchev–Trinajstić information content (AvgIpc) is 3.75. The largest absolute Gasteiger partial charge is 0.480 e. The molecule has 4 aromatic rings. The number of likely N-dealkylation sites (tertiary alicyclic amines) is 1. The standard InChI is InChI=1S/C36H41F2N7O5S/c37-27-10-13-44(22-27)45(51(49)50)32-3-1-2-29(34(32)38)35(48)31-20-40-36-30(31)18-26(19-39-36)25-4-6-28(7-5-25)43-16-14-42(15-17-43)21-24-8-11-41(12-9-24)23-33(46)47/h1-7,18-20,24,27H,8-17,21-23H2,(H,39,40)(H,46,47)(H,49,50)/t27-/m1/s1. The number of ketones is 1. The molecular formula is C36H41F2N7O5S. The summed E-state index contributed by atoms with van der Waals surface area (Å²) in [4.78, 5) is 39.2. The van der Waals surface area contributed by atoms with Gasteiger partial charge < -0.3 is 15.0 Å². The van der Waals surface area contributed by atoms with Gasteiger partial charge in [0, 0.05) is 73.9 Å². The zero-order valence-electron chi connectivity index (χ0n) is 28.1. The van der Waals surface area contributed by atoms with E-state index in [1.165, 1.54) is 29.4 Å². The highest BCUT2D eigenvalue weighted by Crippen LogP contribution is 2.32. The van der Waals surface area contributed by atoms with Gasteiger partial charge in [0.2, 0.25) is 0 Å². The first kappa shape index (κ1) is 35.1. The molecule has 0 bridgehead atoms. The first-order chi connectivity index (χ1) is 24.6. The van der Waals surface area contributed by atoms with E-state index in [1.807, 2.05) is 23.1 Å². The van der Waals surface area contributed by atoms with Crippen LogP contribution in [0.4, 0.5) is 20.2 Å². The van der Waals surface area contributed by atoms with Crippen LogP contribution < -0.4 is 9.31 Å². The summed E-state index contributed by atoms with van der Waals surface area (Å²) in [6, 6.07) is 14.1. The molecule has 0 amide bonds. The van der Waals surface area contributed by atoms with Gasteiger partial charge in [-0.15, -0.1) is 0 Å². The molecule has 0 spiro atoms. The second kappa shape index (κ2) is 15.1. The summed E-state index contributed by atoms with van der Waals surface area (Å²) in [6.45, 7) is 6.61. The Labute approximate surface area is 297 Å². The molecule has 270 valence electrons. The molecule has 0 aliphatic carbocycles. The number of anilines is 2. The SMILES string of the molecule is O=C(O)CN1CCC(CN2CCN(c3ccc(-c4cnc5[nH]cc(C(=O)c6cccc(N(N7CC[C@@H](F)C7)S(=O)O)c6F)c5c4)cc3)CC2)CC1. The van der Waals surface area contributed by atoms with Crippen LogP contribution in [-0.2, 0) is 16.1 Å².